The van der Waals surface area contributed by atoms with Gasteiger partial charge >= 0.3 is 0 Å². The summed E-state index contributed by atoms with van der Waals surface area (Å²) >= 11 is 6.40. The minimum Gasteiger partial charge on any atom is -0.348 e. The summed E-state index contributed by atoms with van der Waals surface area (Å²) < 4.78 is 3.38. The number of amides is 1. The highest BCUT2D eigenvalue weighted by Crippen LogP contribution is 2.23. The van der Waals surface area contributed by atoms with Crippen LogP contribution in [0, 0.1) is 0 Å². The molecular formula is C27H26ClN3O2. The van der Waals surface area contributed by atoms with Gasteiger partial charge in [-0.3, -0.25) is 14.2 Å². The Bertz CT molecular complexity index is 1350. The summed E-state index contributed by atoms with van der Waals surface area (Å²) in [7, 11) is 0. The number of halogens is 1. The standard InChI is InChI=1S/C27H26ClN3O2/c28-22-14-8-7-11-20(22)17-31-25(26(32)29-21-12-5-2-6-13-21)18-30-23(15-16-24(30)27(31)33)19-9-3-1-4-10-19/h1,3-4,7-11,14-16,18,21H,2,5-6,12-13,17H2,(H,29,32). The van der Waals surface area contributed by atoms with Crippen molar-refractivity contribution < 1.29 is 4.79 Å². The van der Waals surface area contributed by atoms with Gasteiger partial charge in [-0.1, -0.05) is 79.4 Å². The minimum atomic E-state index is -0.222. The Hall–Kier alpha value is -3.31. The fourth-order valence-corrected chi connectivity index (χ4v) is 4.88. The van der Waals surface area contributed by atoms with Crippen LogP contribution in [0.15, 0.2) is 77.7 Å². The number of rotatable bonds is 5. The maximum absolute atomic E-state index is 13.6. The number of hydrogen-bond acceptors (Lipinski definition) is 2. The van der Waals surface area contributed by atoms with E-state index >= 15 is 0 Å². The van der Waals surface area contributed by atoms with Gasteiger partial charge in [-0.05, 0) is 42.2 Å². The van der Waals surface area contributed by atoms with Crippen LogP contribution in [-0.4, -0.2) is 20.9 Å². The van der Waals surface area contributed by atoms with Gasteiger partial charge in [0.25, 0.3) is 11.5 Å². The van der Waals surface area contributed by atoms with Crippen molar-refractivity contribution in [1.82, 2.24) is 14.3 Å². The molecule has 33 heavy (non-hydrogen) atoms. The fourth-order valence-electron chi connectivity index (χ4n) is 4.69. The van der Waals surface area contributed by atoms with Gasteiger partial charge in [-0.15, -0.1) is 0 Å². The third-order valence-electron chi connectivity index (χ3n) is 6.45. The molecule has 5 rings (SSSR count). The topological polar surface area (TPSA) is 55.5 Å². The molecule has 168 valence electrons. The highest BCUT2D eigenvalue weighted by Gasteiger charge is 2.22. The summed E-state index contributed by atoms with van der Waals surface area (Å²) in [5.41, 5.74) is 3.31. The summed E-state index contributed by atoms with van der Waals surface area (Å²) in [4.78, 5) is 27.1. The van der Waals surface area contributed by atoms with Crippen LogP contribution in [0.3, 0.4) is 0 Å². The Kier molecular flexibility index (Phi) is 6.05. The summed E-state index contributed by atoms with van der Waals surface area (Å²) in [5.74, 6) is -0.222. The normalized spacial score (nSPS) is 14.5. The SMILES string of the molecule is O=C(NC1CCCCC1)c1cn2c(-c3ccccc3)ccc2c(=O)n1Cc1ccccc1Cl. The number of hydrogen-bond donors (Lipinski definition) is 1. The van der Waals surface area contributed by atoms with Crippen LogP contribution in [0.25, 0.3) is 16.8 Å². The number of fused-ring (bicyclic) bond motifs is 1. The second kappa shape index (κ2) is 9.28. The maximum Gasteiger partial charge on any atom is 0.275 e. The van der Waals surface area contributed by atoms with E-state index in [0.717, 1.165) is 42.5 Å². The average molecular weight is 460 g/mol. The van der Waals surface area contributed by atoms with Crippen LogP contribution in [0.2, 0.25) is 5.02 Å². The molecule has 2 heterocycles. The summed E-state index contributed by atoms with van der Waals surface area (Å²) in [5, 5.41) is 3.75. The van der Waals surface area contributed by atoms with E-state index in [9.17, 15) is 9.59 Å². The fraction of sp³-hybridized carbons (Fsp3) is 0.259. The molecule has 1 aliphatic rings. The number of nitrogens with one attached hydrogen (secondary N) is 1. The van der Waals surface area contributed by atoms with E-state index in [1.165, 1.54) is 6.42 Å². The molecule has 0 aliphatic heterocycles. The lowest BCUT2D eigenvalue weighted by atomic mass is 9.95. The van der Waals surface area contributed by atoms with Gasteiger partial charge in [-0.2, -0.15) is 0 Å². The lowest BCUT2D eigenvalue weighted by Gasteiger charge is -2.24. The second-order valence-corrected chi connectivity index (χ2v) is 9.05. The molecule has 1 saturated carbocycles. The van der Waals surface area contributed by atoms with Crippen molar-refractivity contribution in [3.63, 3.8) is 0 Å². The van der Waals surface area contributed by atoms with E-state index < -0.39 is 0 Å². The number of carbonyl (C=O) groups excluding carboxylic acids is 1. The molecule has 1 N–H and O–H groups in total. The Morgan fingerprint density at radius 1 is 0.939 bits per heavy atom. The Morgan fingerprint density at radius 2 is 1.67 bits per heavy atom. The molecule has 2 aromatic carbocycles. The molecule has 1 aliphatic carbocycles. The predicted molar refractivity (Wildman–Crippen MR) is 132 cm³/mol. The molecule has 2 aromatic heterocycles. The molecular weight excluding hydrogens is 434 g/mol. The average Bonchev–Trinajstić information content (AvgIpc) is 3.27. The van der Waals surface area contributed by atoms with Crippen LogP contribution >= 0.6 is 11.6 Å². The second-order valence-electron chi connectivity index (χ2n) is 8.65. The zero-order chi connectivity index (χ0) is 22.8. The molecule has 0 unspecified atom stereocenters. The van der Waals surface area contributed by atoms with Crippen LogP contribution in [0.4, 0.5) is 0 Å². The van der Waals surface area contributed by atoms with Crippen molar-refractivity contribution in [2.24, 2.45) is 0 Å². The molecule has 0 saturated heterocycles. The van der Waals surface area contributed by atoms with Crippen LogP contribution in [0.1, 0.15) is 48.2 Å². The highest BCUT2D eigenvalue weighted by molar-refractivity contribution is 6.31. The molecule has 6 heteroatoms. The zero-order valence-corrected chi connectivity index (χ0v) is 19.1. The summed E-state index contributed by atoms with van der Waals surface area (Å²) in [6, 6.07) is 21.2. The summed E-state index contributed by atoms with van der Waals surface area (Å²) in [6.45, 7) is 0.230. The number of aromatic nitrogens is 2. The molecule has 1 amide bonds. The van der Waals surface area contributed by atoms with Crippen LogP contribution < -0.4 is 10.9 Å². The smallest absolute Gasteiger partial charge is 0.275 e. The first-order valence-electron chi connectivity index (χ1n) is 11.5. The zero-order valence-electron chi connectivity index (χ0n) is 18.3. The third kappa shape index (κ3) is 4.33. The lowest BCUT2D eigenvalue weighted by molar-refractivity contribution is 0.0917. The predicted octanol–water partition coefficient (Wildman–Crippen LogP) is 5.53. The number of carbonyl (C=O) groups is 1. The largest absolute Gasteiger partial charge is 0.348 e. The van der Waals surface area contributed by atoms with Crippen LogP contribution in [-0.2, 0) is 6.54 Å². The Balaban J connectivity index is 1.64. The molecule has 0 bridgehead atoms. The molecule has 0 radical (unpaired) electrons. The van der Waals surface area contributed by atoms with E-state index in [1.54, 1.807) is 16.8 Å². The van der Waals surface area contributed by atoms with Gasteiger partial charge in [0.05, 0.1) is 12.2 Å². The van der Waals surface area contributed by atoms with E-state index in [4.69, 9.17) is 11.6 Å². The van der Waals surface area contributed by atoms with Gasteiger partial charge in [0.15, 0.2) is 0 Å². The van der Waals surface area contributed by atoms with Gasteiger partial charge in [0.2, 0.25) is 0 Å². The van der Waals surface area contributed by atoms with Crippen molar-refractivity contribution >= 4 is 23.0 Å². The molecule has 5 nitrogen and oxygen atoms in total. The highest BCUT2D eigenvalue weighted by atomic mass is 35.5. The molecule has 4 aromatic rings. The van der Waals surface area contributed by atoms with Gasteiger partial charge in [0, 0.05) is 17.3 Å². The monoisotopic (exact) mass is 459 g/mol. The van der Waals surface area contributed by atoms with E-state index in [-0.39, 0.29) is 24.1 Å². The van der Waals surface area contributed by atoms with Gasteiger partial charge in [-0.25, -0.2) is 0 Å². The quantitative estimate of drug-likeness (QED) is 0.426. The van der Waals surface area contributed by atoms with E-state index in [2.05, 4.69) is 5.32 Å². The van der Waals surface area contributed by atoms with Gasteiger partial charge < -0.3 is 9.72 Å². The Labute approximate surface area is 197 Å². The maximum atomic E-state index is 13.6. The number of benzene rings is 2. The molecule has 0 spiro atoms. The van der Waals surface area contributed by atoms with E-state index in [1.807, 2.05) is 65.1 Å². The minimum absolute atomic E-state index is 0.143. The lowest BCUT2D eigenvalue weighted by Crippen LogP contribution is -2.40. The number of nitrogens with zero attached hydrogens (tertiary/aromatic N) is 2. The van der Waals surface area contributed by atoms with E-state index in [0.29, 0.717) is 16.2 Å². The molecule has 0 atom stereocenters. The van der Waals surface area contributed by atoms with Crippen molar-refractivity contribution in [2.75, 3.05) is 0 Å². The van der Waals surface area contributed by atoms with Crippen molar-refractivity contribution in [1.29, 1.82) is 0 Å². The van der Waals surface area contributed by atoms with Crippen LogP contribution in [0.5, 0.6) is 0 Å². The third-order valence-corrected chi connectivity index (χ3v) is 6.82. The van der Waals surface area contributed by atoms with Gasteiger partial charge in [0.1, 0.15) is 11.2 Å². The first-order valence-corrected chi connectivity index (χ1v) is 11.8. The van der Waals surface area contributed by atoms with Crippen molar-refractivity contribution in [3.05, 3.63) is 99.6 Å². The molecule has 1 fully saturated rings. The Morgan fingerprint density at radius 3 is 2.42 bits per heavy atom. The first kappa shape index (κ1) is 21.5. The van der Waals surface area contributed by atoms with Crippen molar-refractivity contribution in [3.8, 4) is 11.3 Å². The first-order chi connectivity index (χ1) is 16.1. The van der Waals surface area contributed by atoms with Crippen molar-refractivity contribution in [2.45, 2.75) is 44.7 Å². The summed E-state index contributed by atoms with van der Waals surface area (Å²) in [6.07, 6.45) is 7.18.